The molecule has 0 saturated carbocycles. The van der Waals surface area contributed by atoms with Crippen molar-refractivity contribution in [3.63, 3.8) is 0 Å². The Bertz CT molecular complexity index is 1080. The number of hydrogen-bond donors (Lipinski definition) is 1. The minimum Gasteiger partial charge on any atom is -0.386 e. The van der Waals surface area contributed by atoms with Crippen molar-refractivity contribution in [3.8, 4) is 22.4 Å². The van der Waals surface area contributed by atoms with Crippen LogP contribution < -0.4 is 0 Å². The molecule has 0 unspecified atom stereocenters. The largest absolute Gasteiger partial charge is 0.386 e. The van der Waals surface area contributed by atoms with Crippen LogP contribution in [0.25, 0.3) is 27.9 Å². The van der Waals surface area contributed by atoms with E-state index in [4.69, 9.17) is 11.6 Å². The van der Waals surface area contributed by atoms with Gasteiger partial charge in [0.15, 0.2) is 0 Å². The fourth-order valence-corrected chi connectivity index (χ4v) is 3.26. The number of benzene rings is 2. The van der Waals surface area contributed by atoms with Gasteiger partial charge in [-0.3, -0.25) is 0 Å². The quantitative estimate of drug-likeness (QED) is 0.560. The van der Waals surface area contributed by atoms with Crippen LogP contribution in [0.15, 0.2) is 66.9 Å². The Hall–Kier alpha value is -2.69. The summed E-state index contributed by atoms with van der Waals surface area (Å²) in [6.07, 6.45) is 1.94. The highest BCUT2D eigenvalue weighted by Gasteiger charge is 2.20. The third-order valence-corrected chi connectivity index (χ3v) is 4.68. The van der Waals surface area contributed by atoms with Crippen LogP contribution in [0.2, 0.25) is 5.02 Å². The number of aliphatic hydroxyl groups is 1. The summed E-state index contributed by atoms with van der Waals surface area (Å²) in [6.45, 7) is 3.58. The molecule has 0 amide bonds. The van der Waals surface area contributed by atoms with Crippen LogP contribution in [0.3, 0.4) is 0 Å². The van der Waals surface area contributed by atoms with E-state index < -0.39 is 5.60 Å². The highest BCUT2D eigenvalue weighted by molar-refractivity contribution is 6.30. The molecule has 0 aliphatic carbocycles. The van der Waals surface area contributed by atoms with Gasteiger partial charge < -0.3 is 5.11 Å². The van der Waals surface area contributed by atoms with E-state index in [9.17, 15) is 5.11 Å². The lowest BCUT2D eigenvalue weighted by Crippen LogP contribution is -2.16. The zero-order valence-corrected chi connectivity index (χ0v) is 15.3. The van der Waals surface area contributed by atoms with Crippen molar-refractivity contribution in [2.24, 2.45) is 0 Å². The average molecular weight is 364 g/mol. The first-order chi connectivity index (χ1) is 12.4. The van der Waals surface area contributed by atoms with Gasteiger partial charge in [-0.05, 0) is 43.2 Å². The van der Waals surface area contributed by atoms with E-state index in [0.29, 0.717) is 5.02 Å². The Morgan fingerprint density at radius 2 is 1.62 bits per heavy atom. The van der Waals surface area contributed by atoms with Gasteiger partial charge in [-0.25, -0.2) is 4.52 Å². The first kappa shape index (κ1) is 16.8. The van der Waals surface area contributed by atoms with Crippen LogP contribution in [-0.4, -0.2) is 19.9 Å². The molecule has 2 aromatic carbocycles. The predicted molar refractivity (Wildman–Crippen MR) is 104 cm³/mol. The number of halogens is 1. The lowest BCUT2D eigenvalue weighted by molar-refractivity contribution is 0.0792. The molecule has 4 rings (SSSR count). The van der Waals surface area contributed by atoms with E-state index in [2.05, 4.69) is 10.3 Å². The molecule has 0 radical (unpaired) electrons. The molecule has 5 heteroatoms. The smallest absolute Gasteiger partial charge is 0.120 e. The molecule has 4 nitrogen and oxygen atoms in total. The summed E-state index contributed by atoms with van der Waals surface area (Å²) in [7, 11) is 0. The van der Waals surface area contributed by atoms with Gasteiger partial charge in [0.1, 0.15) is 5.69 Å². The highest BCUT2D eigenvalue weighted by Crippen LogP contribution is 2.32. The molecule has 2 aromatic heterocycles. The molecule has 0 spiro atoms. The first-order valence-corrected chi connectivity index (χ1v) is 8.74. The summed E-state index contributed by atoms with van der Waals surface area (Å²) in [5.74, 6) is 0. The topological polar surface area (TPSA) is 50.4 Å². The van der Waals surface area contributed by atoms with E-state index >= 15 is 0 Å². The Kier molecular flexibility index (Phi) is 4.02. The summed E-state index contributed by atoms with van der Waals surface area (Å²) in [4.78, 5) is 0. The minimum absolute atomic E-state index is 0.690. The van der Waals surface area contributed by atoms with Gasteiger partial charge in [-0.15, -0.1) is 5.10 Å². The molecule has 0 aliphatic heterocycles. The van der Waals surface area contributed by atoms with Crippen molar-refractivity contribution < 1.29 is 5.11 Å². The van der Waals surface area contributed by atoms with Gasteiger partial charge in [0.2, 0.25) is 0 Å². The maximum Gasteiger partial charge on any atom is 0.120 e. The Morgan fingerprint density at radius 3 is 2.35 bits per heavy atom. The first-order valence-electron chi connectivity index (χ1n) is 8.37. The molecule has 4 aromatic rings. The third-order valence-electron chi connectivity index (χ3n) is 4.43. The third kappa shape index (κ3) is 2.98. The van der Waals surface area contributed by atoms with E-state index in [1.807, 2.05) is 66.9 Å². The summed E-state index contributed by atoms with van der Waals surface area (Å²) in [5.41, 5.74) is 4.59. The fourth-order valence-electron chi connectivity index (χ4n) is 3.14. The van der Waals surface area contributed by atoms with E-state index in [1.165, 1.54) is 0 Å². The van der Waals surface area contributed by atoms with Crippen LogP contribution in [0.4, 0.5) is 0 Å². The summed E-state index contributed by atoms with van der Waals surface area (Å²) in [6, 6.07) is 19.4. The monoisotopic (exact) mass is 363 g/mol. The molecule has 0 fully saturated rings. The molecular weight excluding hydrogens is 346 g/mol. The fraction of sp³-hybridized carbons (Fsp3) is 0.143. The molecule has 2 heterocycles. The van der Waals surface area contributed by atoms with Crippen LogP contribution in [-0.2, 0) is 5.60 Å². The number of hydrogen-bond acceptors (Lipinski definition) is 3. The maximum absolute atomic E-state index is 10.5. The van der Waals surface area contributed by atoms with Gasteiger partial charge in [0.25, 0.3) is 0 Å². The lowest BCUT2D eigenvalue weighted by atomic mass is 9.90. The molecule has 0 bridgehead atoms. The van der Waals surface area contributed by atoms with E-state index in [0.717, 1.165) is 33.5 Å². The van der Waals surface area contributed by atoms with Gasteiger partial charge >= 0.3 is 0 Å². The SMILES string of the molecule is CC(C)(O)c1ccccc1-c1ccc2c(-c3ccc(Cl)cc3)nnn2c1. The van der Waals surface area contributed by atoms with Crippen LogP contribution in [0, 0.1) is 0 Å². The maximum atomic E-state index is 10.5. The predicted octanol–water partition coefficient (Wildman–Crippen LogP) is 4.94. The minimum atomic E-state index is -0.928. The van der Waals surface area contributed by atoms with Crippen molar-refractivity contribution in [2.45, 2.75) is 19.4 Å². The van der Waals surface area contributed by atoms with Crippen molar-refractivity contribution in [1.29, 1.82) is 0 Å². The van der Waals surface area contributed by atoms with Crippen molar-refractivity contribution in [2.75, 3.05) is 0 Å². The number of aromatic nitrogens is 3. The van der Waals surface area contributed by atoms with Crippen LogP contribution in [0.5, 0.6) is 0 Å². The standard InChI is InChI=1S/C21H18ClN3O/c1-21(2,26)18-6-4-3-5-17(18)15-9-12-19-20(23-24-25(19)13-15)14-7-10-16(22)11-8-14/h3-13,26H,1-2H3. The number of pyridine rings is 1. The van der Waals surface area contributed by atoms with Crippen molar-refractivity contribution in [1.82, 2.24) is 14.8 Å². The highest BCUT2D eigenvalue weighted by atomic mass is 35.5. The molecule has 26 heavy (non-hydrogen) atoms. The van der Waals surface area contributed by atoms with Gasteiger partial charge in [-0.2, -0.15) is 0 Å². The number of rotatable bonds is 3. The molecular formula is C21H18ClN3O. The zero-order valence-electron chi connectivity index (χ0n) is 14.5. The number of nitrogens with zero attached hydrogens (tertiary/aromatic N) is 3. The van der Waals surface area contributed by atoms with Crippen LogP contribution in [0.1, 0.15) is 19.4 Å². The van der Waals surface area contributed by atoms with Gasteiger partial charge in [0, 0.05) is 22.3 Å². The second-order valence-electron chi connectivity index (χ2n) is 6.80. The van der Waals surface area contributed by atoms with E-state index in [-0.39, 0.29) is 0 Å². The van der Waals surface area contributed by atoms with Gasteiger partial charge in [0.05, 0.1) is 11.1 Å². The Morgan fingerprint density at radius 1 is 0.923 bits per heavy atom. The second kappa shape index (κ2) is 6.24. The normalized spacial score (nSPS) is 11.8. The van der Waals surface area contributed by atoms with Crippen molar-refractivity contribution >= 4 is 17.1 Å². The zero-order chi connectivity index (χ0) is 18.3. The summed E-state index contributed by atoms with van der Waals surface area (Å²) < 4.78 is 1.76. The van der Waals surface area contributed by atoms with Crippen LogP contribution >= 0.6 is 11.6 Å². The molecule has 0 aliphatic rings. The van der Waals surface area contributed by atoms with Gasteiger partial charge in [-0.1, -0.05) is 59.3 Å². The van der Waals surface area contributed by atoms with E-state index in [1.54, 1.807) is 18.4 Å². The molecule has 0 atom stereocenters. The second-order valence-corrected chi connectivity index (χ2v) is 7.23. The number of fused-ring (bicyclic) bond motifs is 1. The summed E-state index contributed by atoms with van der Waals surface area (Å²) >= 11 is 5.97. The average Bonchev–Trinajstić information content (AvgIpc) is 3.05. The van der Waals surface area contributed by atoms with Crippen molar-refractivity contribution in [3.05, 3.63) is 77.4 Å². The Labute approximate surface area is 156 Å². The lowest BCUT2D eigenvalue weighted by Gasteiger charge is -2.21. The molecule has 1 N–H and O–H groups in total. The Balaban J connectivity index is 1.83. The summed E-state index contributed by atoms with van der Waals surface area (Å²) in [5, 5.41) is 19.8. The molecule has 0 saturated heterocycles. The molecule has 130 valence electrons.